The first-order chi connectivity index (χ1) is 10.7. The Bertz CT molecular complexity index is 712. The van der Waals surface area contributed by atoms with Gasteiger partial charge in [-0.2, -0.15) is 0 Å². The molecule has 6 nitrogen and oxygen atoms in total. The molecule has 2 N–H and O–H groups in total. The minimum atomic E-state index is -0.177. The van der Waals surface area contributed by atoms with Gasteiger partial charge < -0.3 is 14.8 Å². The van der Waals surface area contributed by atoms with E-state index in [9.17, 15) is 0 Å². The topological polar surface area (TPSA) is 75.1 Å². The Labute approximate surface area is 133 Å². The number of aliphatic hydroxyl groups excluding tert-OH is 1. The Morgan fingerprint density at radius 3 is 3.00 bits per heavy atom. The molecule has 0 aromatic carbocycles. The largest absolute Gasteiger partial charge is 0.400 e. The number of hydrogen-bond acceptors (Lipinski definition) is 5. The van der Waals surface area contributed by atoms with Crippen molar-refractivity contribution in [3.8, 4) is 0 Å². The van der Waals surface area contributed by atoms with Crippen molar-refractivity contribution in [2.45, 2.75) is 19.4 Å². The highest BCUT2D eigenvalue weighted by Crippen LogP contribution is 2.26. The summed E-state index contributed by atoms with van der Waals surface area (Å²) in [6.45, 7) is 1.62. The fraction of sp³-hybridized carbons (Fsp3) is 0.400. The van der Waals surface area contributed by atoms with Gasteiger partial charge in [0.2, 0.25) is 0 Å². The van der Waals surface area contributed by atoms with E-state index in [4.69, 9.17) is 21.1 Å². The molecule has 7 heteroatoms. The normalized spacial score (nSPS) is 15.0. The summed E-state index contributed by atoms with van der Waals surface area (Å²) < 4.78 is 6.99. The molecule has 0 saturated carbocycles. The molecule has 1 aliphatic rings. The molecule has 0 amide bonds. The number of aryl methyl sites for hydroxylation is 1. The maximum atomic E-state index is 9.12. The third kappa shape index (κ3) is 3.19. The smallest absolute Gasteiger partial charge is 0.384 e. The molecule has 22 heavy (non-hydrogen) atoms. The van der Waals surface area contributed by atoms with Crippen LogP contribution in [0.1, 0.15) is 29.5 Å². The number of halogens is 1. The molecule has 0 unspecified atom stereocenters. The highest BCUT2D eigenvalue weighted by molar-refractivity contribution is 6.32. The Hall–Kier alpha value is -1.76. The molecule has 3 heterocycles. The van der Waals surface area contributed by atoms with Gasteiger partial charge in [0.05, 0.1) is 17.1 Å². The summed E-state index contributed by atoms with van der Waals surface area (Å²) in [7, 11) is 1.73. The summed E-state index contributed by atoms with van der Waals surface area (Å²) in [5, 5.41) is 17.3. The van der Waals surface area contributed by atoms with Gasteiger partial charge in [0, 0.05) is 17.8 Å². The average Bonchev–Trinajstić information content (AvgIpc) is 2.88. The standard InChI is InChI=1S/C15H18ClN4O2/c1-20-14(9-21)22-13(19-20)7-10-6-12(16)15(18-8-10)11-2-4-17-5-3-11/h2,6,8,17,21H,3-5,7,9H2,1H3/q+1. The Kier molecular flexibility index (Phi) is 4.52. The monoisotopic (exact) mass is 321 g/mol. The third-order valence-corrected chi connectivity index (χ3v) is 3.90. The molecule has 0 atom stereocenters. The molecule has 0 bridgehead atoms. The fourth-order valence-electron chi connectivity index (χ4n) is 2.47. The molecular formula is C15H18ClN4O2+. The summed E-state index contributed by atoms with van der Waals surface area (Å²) in [6.07, 6.45) is 5.34. The quantitative estimate of drug-likeness (QED) is 0.822. The molecule has 0 fully saturated rings. The number of nitrogens with zero attached hydrogens (tertiary/aromatic N) is 3. The van der Waals surface area contributed by atoms with E-state index in [1.54, 1.807) is 13.2 Å². The number of hydrogen-bond donors (Lipinski definition) is 2. The van der Waals surface area contributed by atoms with Crippen LogP contribution in [0.25, 0.3) is 5.57 Å². The zero-order chi connectivity index (χ0) is 15.5. The van der Waals surface area contributed by atoms with Crippen LogP contribution in [0.15, 0.2) is 22.8 Å². The van der Waals surface area contributed by atoms with Gasteiger partial charge in [0.15, 0.2) is 13.7 Å². The van der Waals surface area contributed by atoms with E-state index < -0.39 is 0 Å². The van der Waals surface area contributed by atoms with Crippen molar-refractivity contribution in [1.82, 2.24) is 15.4 Å². The van der Waals surface area contributed by atoms with Gasteiger partial charge in [-0.25, -0.2) is 0 Å². The minimum Gasteiger partial charge on any atom is -0.384 e. The lowest BCUT2D eigenvalue weighted by Crippen LogP contribution is -2.34. The van der Waals surface area contributed by atoms with Crippen molar-refractivity contribution in [1.29, 1.82) is 0 Å². The van der Waals surface area contributed by atoms with Crippen LogP contribution < -0.4 is 10.00 Å². The van der Waals surface area contributed by atoms with Gasteiger partial charge in [-0.15, -0.1) is 0 Å². The van der Waals surface area contributed by atoms with E-state index in [0.29, 0.717) is 23.2 Å². The van der Waals surface area contributed by atoms with Gasteiger partial charge in [-0.1, -0.05) is 22.4 Å². The summed E-state index contributed by atoms with van der Waals surface area (Å²) in [6, 6.07) is 1.90. The molecule has 0 radical (unpaired) electrons. The van der Waals surface area contributed by atoms with Crippen molar-refractivity contribution in [2.75, 3.05) is 13.1 Å². The van der Waals surface area contributed by atoms with Crippen LogP contribution in [0, 0.1) is 0 Å². The second-order valence-corrected chi connectivity index (χ2v) is 5.61. The van der Waals surface area contributed by atoms with Crippen LogP contribution in [0.3, 0.4) is 0 Å². The van der Waals surface area contributed by atoms with Crippen molar-refractivity contribution in [3.63, 3.8) is 0 Å². The fourth-order valence-corrected chi connectivity index (χ4v) is 2.78. The molecule has 1 aliphatic heterocycles. The zero-order valence-corrected chi connectivity index (χ0v) is 13.1. The van der Waals surface area contributed by atoms with Crippen LogP contribution in [0.2, 0.25) is 5.02 Å². The number of nitrogens with one attached hydrogen (secondary N) is 1. The number of pyridine rings is 1. The van der Waals surface area contributed by atoms with Gasteiger partial charge >= 0.3 is 5.89 Å². The number of aliphatic hydroxyl groups is 1. The second kappa shape index (κ2) is 6.56. The maximum Gasteiger partial charge on any atom is 0.400 e. The maximum absolute atomic E-state index is 9.12. The number of rotatable bonds is 4. The average molecular weight is 322 g/mol. The van der Waals surface area contributed by atoms with Gasteiger partial charge in [-0.05, 0) is 30.2 Å². The molecule has 0 aliphatic carbocycles. The van der Waals surface area contributed by atoms with Crippen molar-refractivity contribution in [2.24, 2.45) is 7.05 Å². The summed E-state index contributed by atoms with van der Waals surface area (Å²) in [4.78, 5) is 4.49. The first kappa shape index (κ1) is 15.1. The summed E-state index contributed by atoms with van der Waals surface area (Å²) >= 11 is 6.37. The van der Waals surface area contributed by atoms with Crippen LogP contribution in [0.5, 0.6) is 0 Å². The first-order valence-electron chi connectivity index (χ1n) is 7.17. The second-order valence-electron chi connectivity index (χ2n) is 5.21. The lowest BCUT2D eigenvalue weighted by Gasteiger charge is -2.14. The molecule has 3 rings (SSSR count). The molecular weight excluding hydrogens is 304 g/mol. The van der Waals surface area contributed by atoms with E-state index in [0.717, 1.165) is 30.8 Å². The Morgan fingerprint density at radius 2 is 2.36 bits per heavy atom. The number of aromatic nitrogens is 3. The van der Waals surface area contributed by atoms with E-state index in [1.165, 1.54) is 10.3 Å². The predicted molar refractivity (Wildman–Crippen MR) is 81.1 cm³/mol. The molecule has 0 saturated heterocycles. The third-order valence-electron chi connectivity index (χ3n) is 3.61. The molecule has 0 spiro atoms. The lowest BCUT2D eigenvalue weighted by molar-refractivity contribution is -0.740. The van der Waals surface area contributed by atoms with Crippen LogP contribution in [-0.2, 0) is 20.1 Å². The minimum absolute atomic E-state index is 0.177. The van der Waals surface area contributed by atoms with Gasteiger partial charge in [0.1, 0.15) is 0 Å². The highest BCUT2D eigenvalue weighted by Gasteiger charge is 2.18. The van der Waals surface area contributed by atoms with Crippen LogP contribution in [0.4, 0.5) is 0 Å². The zero-order valence-electron chi connectivity index (χ0n) is 12.3. The van der Waals surface area contributed by atoms with Crippen molar-refractivity contribution in [3.05, 3.63) is 46.4 Å². The predicted octanol–water partition coefficient (Wildman–Crippen LogP) is 1.01. The summed E-state index contributed by atoms with van der Waals surface area (Å²) in [5.41, 5.74) is 2.95. The van der Waals surface area contributed by atoms with Gasteiger partial charge in [0.25, 0.3) is 5.89 Å². The highest BCUT2D eigenvalue weighted by atomic mass is 35.5. The van der Waals surface area contributed by atoms with Crippen molar-refractivity contribution < 1.29 is 14.2 Å². The van der Waals surface area contributed by atoms with E-state index in [2.05, 4.69) is 21.5 Å². The van der Waals surface area contributed by atoms with Crippen LogP contribution in [-0.4, -0.2) is 28.3 Å². The van der Waals surface area contributed by atoms with E-state index in [1.807, 2.05) is 6.07 Å². The summed E-state index contributed by atoms with van der Waals surface area (Å²) in [5.74, 6) is 0.948. The Balaban J connectivity index is 1.80. The van der Waals surface area contributed by atoms with Crippen LogP contribution >= 0.6 is 11.6 Å². The van der Waals surface area contributed by atoms with Gasteiger partial charge in [-0.3, -0.25) is 4.98 Å². The molecule has 2 aromatic heterocycles. The van der Waals surface area contributed by atoms with E-state index >= 15 is 0 Å². The molecule has 116 valence electrons. The lowest BCUT2D eigenvalue weighted by atomic mass is 10.0. The van der Waals surface area contributed by atoms with E-state index in [-0.39, 0.29) is 6.61 Å². The molecule has 2 aromatic rings. The van der Waals surface area contributed by atoms with Crippen molar-refractivity contribution >= 4 is 17.2 Å². The Morgan fingerprint density at radius 1 is 1.50 bits per heavy atom. The SMILES string of the molecule is C[n+]1nc(Cc2cnc(C3=CCNCC3)c(Cl)c2)oc1CO. The first-order valence-corrected chi connectivity index (χ1v) is 7.55.